The number of anilines is 1. The lowest BCUT2D eigenvalue weighted by atomic mass is 10.0. The van der Waals surface area contributed by atoms with Crippen molar-refractivity contribution >= 4 is 11.7 Å². The molecule has 1 atom stereocenters. The van der Waals surface area contributed by atoms with Crippen LogP contribution in [0.3, 0.4) is 0 Å². The number of nitrogens with zero attached hydrogens (tertiary/aromatic N) is 2. The Kier molecular flexibility index (Phi) is 5.12. The molecular formula is C22H22FN3O3. The highest BCUT2D eigenvalue weighted by Crippen LogP contribution is 2.34. The lowest BCUT2D eigenvalue weighted by Crippen LogP contribution is -2.44. The van der Waals surface area contributed by atoms with E-state index in [2.05, 4.69) is 9.88 Å². The molecule has 0 saturated heterocycles. The molecule has 0 bridgehead atoms. The van der Waals surface area contributed by atoms with E-state index in [9.17, 15) is 9.18 Å². The molecule has 0 spiro atoms. The maximum Gasteiger partial charge on any atom is 0.322 e. The number of aromatic nitrogens is 1. The molecule has 4 rings (SSSR count). The van der Waals surface area contributed by atoms with Crippen molar-refractivity contribution in [2.75, 3.05) is 26.1 Å². The topological polar surface area (TPSA) is 55.7 Å². The van der Waals surface area contributed by atoms with Gasteiger partial charge >= 0.3 is 6.03 Å². The zero-order chi connectivity index (χ0) is 20.4. The second-order valence-electron chi connectivity index (χ2n) is 6.77. The Balaban J connectivity index is 1.66. The molecule has 2 aromatic carbocycles. The van der Waals surface area contributed by atoms with Crippen molar-refractivity contribution in [1.82, 2.24) is 9.47 Å². The number of carbonyl (C=O) groups excluding carboxylic acids is 1. The lowest BCUT2D eigenvalue weighted by molar-refractivity contribution is 0.181. The Morgan fingerprint density at radius 1 is 1.07 bits per heavy atom. The number of ether oxygens (including phenoxy) is 2. The molecule has 1 N–H and O–H groups in total. The molecule has 3 aromatic rings. The number of urea groups is 1. The van der Waals surface area contributed by atoms with Gasteiger partial charge in [0, 0.05) is 31.0 Å². The van der Waals surface area contributed by atoms with Gasteiger partial charge in [-0.05, 0) is 42.0 Å². The minimum atomic E-state index is -0.316. The molecule has 1 aromatic heterocycles. The highest BCUT2D eigenvalue weighted by atomic mass is 19.1. The van der Waals surface area contributed by atoms with Gasteiger partial charge in [0.15, 0.2) is 0 Å². The molecule has 6 nitrogen and oxygen atoms in total. The number of rotatable bonds is 4. The van der Waals surface area contributed by atoms with Crippen LogP contribution in [0.15, 0.2) is 60.8 Å². The van der Waals surface area contributed by atoms with Crippen molar-refractivity contribution in [2.45, 2.75) is 12.6 Å². The van der Waals surface area contributed by atoms with Gasteiger partial charge < -0.3 is 24.3 Å². The van der Waals surface area contributed by atoms with Crippen LogP contribution in [0.1, 0.15) is 17.3 Å². The molecule has 0 saturated carbocycles. The standard InChI is InChI=1S/C22H22FN3O3/c1-28-17-9-10-18(20(14-17)29-2)24-22(27)26-13-12-25-11-3-4-19(25)21(26)15-5-7-16(23)8-6-15/h3-11,14,21H,12-13H2,1-2H3,(H,24,27)/t21-/m1/s1. The lowest BCUT2D eigenvalue weighted by Gasteiger charge is -2.37. The van der Waals surface area contributed by atoms with E-state index in [1.807, 2.05) is 18.3 Å². The third kappa shape index (κ3) is 3.63. The highest BCUT2D eigenvalue weighted by molar-refractivity contribution is 5.91. The fraction of sp³-hybridized carbons (Fsp3) is 0.227. The van der Waals surface area contributed by atoms with Crippen molar-refractivity contribution in [3.63, 3.8) is 0 Å². The van der Waals surface area contributed by atoms with Gasteiger partial charge in [0.25, 0.3) is 0 Å². The summed E-state index contributed by atoms with van der Waals surface area (Å²) in [5.41, 5.74) is 2.39. The van der Waals surface area contributed by atoms with Crippen LogP contribution in [0, 0.1) is 5.82 Å². The monoisotopic (exact) mass is 395 g/mol. The normalized spacial score (nSPS) is 15.6. The average molecular weight is 395 g/mol. The molecule has 1 aliphatic heterocycles. The van der Waals surface area contributed by atoms with Crippen molar-refractivity contribution in [1.29, 1.82) is 0 Å². The van der Waals surface area contributed by atoms with E-state index in [-0.39, 0.29) is 17.9 Å². The summed E-state index contributed by atoms with van der Waals surface area (Å²) >= 11 is 0. The average Bonchev–Trinajstić information content (AvgIpc) is 3.23. The van der Waals surface area contributed by atoms with E-state index < -0.39 is 0 Å². The molecule has 150 valence electrons. The van der Waals surface area contributed by atoms with Crippen LogP contribution in [0.2, 0.25) is 0 Å². The highest BCUT2D eigenvalue weighted by Gasteiger charge is 2.32. The molecule has 0 fully saturated rings. The quantitative estimate of drug-likeness (QED) is 0.717. The number of carbonyl (C=O) groups is 1. The zero-order valence-electron chi connectivity index (χ0n) is 16.3. The Labute approximate surface area is 168 Å². The SMILES string of the molecule is COc1ccc(NC(=O)N2CCn3cccc3[C@H]2c2ccc(F)cc2)c(OC)c1. The third-order valence-corrected chi connectivity index (χ3v) is 5.14. The Morgan fingerprint density at radius 3 is 2.59 bits per heavy atom. The maximum absolute atomic E-state index is 13.5. The van der Waals surface area contributed by atoms with E-state index in [4.69, 9.17) is 9.47 Å². The van der Waals surface area contributed by atoms with E-state index in [1.54, 1.807) is 49.5 Å². The number of amides is 2. The van der Waals surface area contributed by atoms with Gasteiger partial charge in [0.2, 0.25) is 0 Å². The van der Waals surface area contributed by atoms with Crippen LogP contribution in [-0.4, -0.2) is 36.3 Å². The Morgan fingerprint density at radius 2 is 1.86 bits per heavy atom. The third-order valence-electron chi connectivity index (χ3n) is 5.14. The molecular weight excluding hydrogens is 373 g/mol. The maximum atomic E-state index is 13.5. The first kappa shape index (κ1) is 18.9. The Bertz CT molecular complexity index is 1020. The van der Waals surface area contributed by atoms with Crippen LogP contribution >= 0.6 is 0 Å². The first-order valence-corrected chi connectivity index (χ1v) is 9.31. The summed E-state index contributed by atoms with van der Waals surface area (Å²) in [5.74, 6) is 0.843. The van der Waals surface area contributed by atoms with Gasteiger partial charge in [-0.3, -0.25) is 0 Å². The van der Waals surface area contributed by atoms with E-state index in [0.717, 1.165) is 11.3 Å². The summed E-state index contributed by atoms with van der Waals surface area (Å²) in [4.78, 5) is 15.0. The molecule has 0 unspecified atom stereocenters. The van der Waals surface area contributed by atoms with Gasteiger partial charge in [0.1, 0.15) is 17.3 Å². The summed E-state index contributed by atoms with van der Waals surface area (Å²) in [6.07, 6.45) is 1.99. The van der Waals surface area contributed by atoms with Crippen LogP contribution in [0.25, 0.3) is 0 Å². The Hall–Kier alpha value is -3.48. The molecule has 0 radical (unpaired) electrons. The fourth-order valence-corrected chi connectivity index (χ4v) is 3.69. The van der Waals surface area contributed by atoms with Crippen LogP contribution in [-0.2, 0) is 6.54 Å². The van der Waals surface area contributed by atoms with Gasteiger partial charge in [0.05, 0.1) is 25.9 Å². The summed E-state index contributed by atoms with van der Waals surface area (Å²) in [7, 11) is 3.11. The number of hydrogen-bond donors (Lipinski definition) is 1. The minimum Gasteiger partial charge on any atom is -0.497 e. The molecule has 29 heavy (non-hydrogen) atoms. The fourth-order valence-electron chi connectivity index (χ4n) is 3.69. The largest absolute Gasteiger partial charge is 0.497 e. The molecule has 1 aliphatic rings. The van der Waals surface area contributed by atoms with Crippen molar-refractivity contribution in [3.8, 4) is 11.5 Å². The summed E-state index contributed by atoms with van der Waals surface area (Å²) < 4.78 is 26.2. The number of methoxy groups -OCH3 is 2. The summed E-state index contributed by atoms with van der Waals surface area (Å²) in [6, 6.07) is 14.9. The molecule has 7 heteroatoms. The smallest absolute Gasteiger partial charge is 0.322 e. The second kappa shape index (κ2) is 7.87. The second-order valence-corrected chi connectivity index (χ2v) is 6.77. The van der Waals surface area contributed by atoms with E-state index in [0.29, 0.717) is 30.3 Å². The molecule has 0 aliphatic carbocycles. The predicted octanol–water partition coefficient (Wildman–Crippen LogP) is 4.28. The van der Waals surface area contributed by atoms with Gasteiger partial charge in [-0.1, -0.05) is 12.1 Å². The van der Waals surface area contributed by atoms with Gasteiger partial charge in [-0.15, -0.1) is 0 Å². The number of fused-ring (bicyclic) bond motifs is 1. The van der Waals surface area contributed by atoms with Gasteiger partial charge in [-0.25, -0.2) is 9.18 Å². The zero-order valence-corrected chi connectivity index (χ0v) is 16.3. The number of hydrogen-bond acceptors (Lipinski definition) is 3. The van der Waals surface area contributed by atoms with Crippen LogP contribution < -0.4 is 14.8 Å². The molecule has 2 heterocycles. The van der Waals surface area contributed by atoms with Crippen LogP contribution in [0.5, 0.6) is 11.5 Å². The molecule has 2 amide bonds. The number of benzene rings is 2. The summed E-state index contributed by atoms with van der Waals surface area (Å²) in [5, 5.41) is 2.94. The first-order chi connectivity index (χ1) is 14.1. The van der Waals surface area contributed by atoms with Crippen LogP contribution in [0.4, 0.5) is 14.9 Å². The minimum absolute atomic E-state index is 0.254. The van der Waals surface area contributed by atoms with Crippen molar-refractivity contribution in [2.24, 2.45) is 0 Å². The van der Waals surface area contributed by atoms with E-state index >= 15 is 0 Å². The predicted molar refractivity (Wildman–Crippen MR) is 108 cm³/mol. The van der Waals surface area contributed by atoms with Gasteiger partial charge in [-0.2, -0.15) is 0 Å². The number of halogens is 1. The summed E-state index contributed by atoms with van der Waals surface area (Å²) in [6.45, 7) is 1.21. The van der Waals surface area contributed by atoms with Crippen molar-refractivity contribution in [3.05, 3.63) is 77.9 Å². The number of nitrogens with one attached hydrogen (secondary N) is 1. The first-order valence-electron chi connectivity index (χ1n) is 9.31. The van der Waals surface area contributed by atoms with Crippen molar-refractivity contribution < 1.29 is 18.7 Å². The van der Waals surface area contributed by atoms with E-state index in [1.165, 1.54) is 12.1 Å².